The number of carbonyl (C=O) groups is 2. The van der Waals surface area contributed by atoms with Crippen molar-refractivity contribution >= 4 is 27.9 Å². The van der Waals surface area contributed by atoms with Gasteiger partial charge in [-0.2, -0.15) is 0 Å². The Hall–Kier alpha value is -3.32. The van der Waals surface area contributed by atoms with Crippen LogP contribution in [0.4, 0.5) is 0 Å². The number of hydrogen-bond acceptors (Lipinski definition) is 5. The molecule has 0 aliphatic heterocycles. The number of halogens is 1. The summed E-state index contributed by atoms with van der Waals surface area (Å²) in [5.41, 5.74) is 2.61. The fourth-order valence-corrected chi connectivity index (χ4v) is 3.59. The molecule has 33 heavy (non-hydrogen) atoms. The van der Waals surface area contributed by atoms with E-state index >= 15 is 0 Å². The van der Waals surface area contributed by atoms with Crippen molar-refractivity contribution in [3.8, 4) is 11.5 Å². The summed E-state index contributed by atoms with van der Waals surface area (Å²) in [7, 11) is 1.29. The first kappa shape index (κ1) is 25.9. The second-order valence-electron chi connectivity index (χ2n) is 7.39. The van der Waals surface area contributed by atoms with Gasteiger partial charge in [-0.3, -0.25) is 0 Å². The van der Waals surface area contributed by atoms with Gasteiger partial charge in [0.25, 0.3) is 0 Å². The molecule has 0 bridgehead atoms. The molecule has 6 nitrogen and oxygen atoms in total. The number of ether oxygens (including phenoxy) is 2. The molecule has 174 valence electrons. The van der Waals surface area contributed by atoms with Gasteiger partial charge in [0.2, 0.25) is 0 Å². The van der Waals surface area contributed by atoms with Gasteiger partial charge in [-0.15, -0.1) is 0 Å². The highest BCUT2D eigenvalue weighted by Crippen LogP contribution is 2.30. The molecule has 0 atom stereocenters. The van der Waals surface area contributed by atoms with Gasteiger partial charge in [0.05, 0.1) is 29.3 Å². The maximum Gasteiger partial charge on any atom is 0.339 e. The minimum absolute atomic E-state index is 0.0258. The predicted molar refractivity (Wildman–Crippen MR) is 130 cm³/mol. The Balaban J connectivity index is 0.000000273. The van der Waals surface area contributed by atoms with E-state index in [1.807, 2.05) is 38.1 Å². The number of phenolic OH excluding ortho intramolecular Hbond substituents is 1. The Labute approximate surface area is 201 Å². The van der Waals surface area contributed by atoms with Crippen molar-refractivity contribution in [2.45, 2.75) is 26.2 Å². The van der Waals surface area contributed by atoms with Gasteiger partial charge < -0.3 is 19.7 Å². The minimum atomic E-state index is -0.910. The first-order valence-electron chi connectivity index (χ1n) is 10.3. The number of aromatic hydroxyl groups is 1. The smallest absolute Gasteiger partial charge is 0.339 e. The maximum absolute atomic E-state index is 11.3. The van der Waals surface area contributed by atoms with E-state index in [-0.39, 0.29) is 11.7 Å². The molecule has 7 heteroatoms. The van der Waals surface area contributed by atoms with E-state index in [1.165, 1.54) is 18.7 Å². The zero-order valence-corrected chi connectivity index (χ0v) is 20.3. The molecule has 0 spiro atoms. The van der Waals surface area contributed by atoms with E-state index in [1.54, 1.807) is 24.3 Å². The van der Waals surface area contributed by atoms with Crippen LogP contribution in [0.1, 0.15) is 51.6 Å². The summed E-state index contributed by atoms with van der Waals surface area (Å²) in [6.07, 6.45) is 0.801. The van der Waals surface area contributed by atoms with Crippen LogP contribution in [0.25, 0.3) is 0 Å². The van der Waals surface area contributed by atoms with E-state index in [2.05, 4.69) is 32.8 Å². The van der Waals surface area contributed by atoms with Crippen molar-refractivity contribution in [3.05, 3.63) is 93.5 Å². The minimum Gasteiger partial charge on any atom is -0.507 e. The number of methoxy groups -OCH3 is 1. The molecule has 0 aliphatic carbocycles. The van der Waals surface area contributed by atoms with E-state index in [0.717, 1.165) is 12.0 Å². The van der Waals surface area contributed by atoms with E-state index < -0.39 is 11.9 Å². The summed E-state index contributed by atoms with van der Waals surface area (Å²) >= 11 is 3.07. The number of carbonyl (C=O) groups excluding carboxylic acids is 1. The second kappa shape index (κ2) is 12.6. The Kier molecular flexibility index (Phi) is 9.94. The Morgan fingerprint density at radius 1 is 0.939 bits per heavy atom. The molecule has 0 amide bonds. The third-order valence-electron chi connectivity index (χ3n) is 4.75. The molecule has 2 N–H and O–H groups in total. The van der Waals surface area contributed by atoms with Gasteiger partial charge in [0, 0.05) is 12.0 Å². The summed E-state index contributed by atoms with van der Waals surface area (Å²) in [6.45, 7) is 4.49. The first-order valence-corrected chi connectivity index (χ1v) is 11.1. The highest BCUT2D eigenvalue weighted by atomic mass is 79.9. The van der Waals surface area contributed by atoms with Gasteiger partial charge in [-0.25, -0.2) is 9.59 Å². The third-order valence-corrected chi connectivity index (χ3v) is 5.58. The topological polar surface area (TPSA) is 93.1 Å². The van der Waals surface area contributed by atoms with Gasteiger partial charge in [-0.1, -0.05) is 56.3 Å². The predicted octanol–water partition coefficient (Wildman–Crippen LogP) is 6.07. The molecule has 0 radical (unpaired) electrons. The molecule has 0 unspecified atom stereocenters. The van der Waals surface area contributed by atoms with Crippen LogP contribution in [0, 0.1) is 0 Å². The summed E-state index contributed by atoms with van der Waals surface area (Å²) in [4.78, 5) is 22.3. The molecule has 0 aliphatic rings. The number of hydrogen-bond donors (Lipinski definition) is 2. The van der Waals surface area contributed by atoms with Crippen LogP contribution in [-0.2, 0) is 11.2 Å². The van der Waals surface area contributed by atoms with Crippen LogP contribution in [0.2, 0.25) is 0 Å². The molecule has 0 fully saturated rings. The fraction of sp³-hybridized carbons (Fsp3) is 0.231. The number of aromatic carboxylic acids is 1. The summed E-state index contributed by atoms with van der Waals surface area (Å²) in [5.74, 6) is -0.590. The largest absolute Gasteiger partial charge is 0.507 e. The molecule has 0 heterocycles. The van der Waals surface area contributed by atoms with Crippen LogP contribution in [-0.4, -0.2) is 35.9 Å². The molecule has 3 rings (SSSR count). The van der Waals surface area contributed by atoms with Crippen molar-refractivity contribution in [1.82, 2.24) is 0 Å². The Morgan fingerprint density at radius 3 is 2.18 bits per heavy atom. The van der Waals surface area contributed by atoms with Crippen LogP contribution in [0.3, 0.4) is 0 Å². The van der Waals surface area contributed by atoms with Crippen molar-refractivity contribution in [2.24, 2.45) is 0 Å². The number of phenols is 1. The molecule has 3 aromatic rings. The average molecular weight is 515 g/mol. The lowest BCUT2D eigenvalue weighted by molar-refractivity contribution is 0.0598. The highest BCUT2D eigenvalue weighted by molar-refractivity contribution is 9.10. The Bertz CT molecular complexity index is 1080. The fourth-order valence-electron chi connectivity index (χ4n) is 3.16. The van der Waals surface area contributed by atoms with Crippen LogP contribution < -0.4 is 4.74 Å². The SMILES string of the molecule is CC(C)c1c(OCCc2ccccc2)cccc1C(=O)O.COC(=O)c1cccc(O)c1Br. The highest BCUT2D eigenvalue weighted by Gasteiger charge is 2.17. The van der Waals surface area contributed by atoms with E-state index in [0.29, 0.717) is 28.0 Å². The average Bonchev–Trinajstić information content (AvgIpc) is 2.81. The van der Waals surface area contributed by atoms with Gasteiger partial charge in [-0.05, 0) is 51.7 Å². The number of esters is 1. The van der Waals surface area contributed by atoms with E-state index in [4.69, 9.17) is 4.74 Å². The molecule has 0 saturated carbocycles. The number of benzene rings is 3. The van der Waals surface area contributed by atoms with Crippen molar-refractivity contribution < 1.29 is 29.3 Å². The normalized spacial score (nSPS) is 10.2. The van der Waals surface area contributed by atoms with Crippen molar-refractivity contribution in [2.75, 3.05) is 13.7 Å². The van der Waals surface area contributed by atoms with Gasteiger partial charge in [0.15, 0.2) is 0 Å². The quantitative estimate of drug-likeness (QED) is 0.371. The van der Waals surface area contributed by atoms with Gasteiger partial charge >= 0.3 is 11.9 Å². The monoisotopic (exact) mass is 514 g/mol. The zero-order valence-electron chi connectivity index (χ0n) is 18.7. The molecule has 0 saturated heterocycles. The number of carboxylic acid groups (broad SMARTS) is 1. The third kappa shape index (κ3) is 7.36. The first-order chi connectivity index (χ1) is 15.8. The van der Waals surface area contributed by atoms with E-state index in [9.17, 15) is 19.8 Å². The van der Waals surface area contributed by atoms with Gasteiger partial charge in [0.1, 0.15) is 11.5 Å². The summed E-state index contributed by atoms with van der Waals surface area (Å²) in [6, 6.07) is 19.9. The summed E-state index contributed by atoms with van der Waals surface area (Å²) < 4.78 is 10.7. The maximum atomic E-state index is 11.3. The standard InChI is InChI=1S/C18H20O3.C8H7BrO3/c1-13(2)17-15(18(19)20)9-6-10-16(17)21-12-11-14-7-4-3-5-8-14;1-12-8(11)5-3-2-4-6(10)7(5)9/h3-10,13H,11-12H2,1-2H3,(H,19,20);2-4,10H,1H3. The summed E-state index contributed by atoms with van der Waals surface area (Å²) in [5, 5.41) is 18.5. The molecular formula is C26H27BrO6. The van der Waals surface area contributed by atoms with Crippen LogP contribution in [0.15, 0.2) is 71.2 Å². The lowest BCUT2D eigenvalue weighted by Gasteiger charge is -2.16. The van der Waals surface area contributed by atoms with Crippen LogP contribution >= 0.6 is 15.9 Å². The van der Waals surface area contributed by atoms with Crippen molar-refractivity contribution in [1.29, 1.82) is 0 Å². The lowest BCUT2D eigenvalue weighted by Crippen LogP contribution is -2.09. The molecular weight excluding hydrogens is 488 g/mol. The van der Waals surface area contributed by atoms with Crippen molar-refractivity contribution in [3.63, 3.8) is 0 Å². The second-order valence-corrected chi connectivity index (χ2v) is 8.18. The van der Waals surface area contributed by atoms with Crippen LogP contribution in [0.5, 0.6) is 11.5 Å². The number of rotatable bonds is 7. The molecule has 0 aromatic heterocycles. The molecule has 3 aromatic carbocycles. The Morgan fingerprint density at radius 2 is 1.58 bits per heavy atom. The lowest BCUT2D eigenvalue weighted by atomic mass is 9.96. The number of carboxylic acids is 1. The zero-order chi connectivity index (χ0) is 24.4.